The van der Waals surface area contributed by atoms with E-state index in [-0.39, 0.29) is 22.6 Å². The minimum absolute atomic E-state index is 0.000108. The number of carbonyl (C=O) groups excluding carboxylic acids is 1. The van der Waals surface area contributed by atoms with Gasteiger partial charge in [0.25, 0.3) is 0 Å². The number of hydrogen-bond donors (Lipinski definition) is 3. The molecule has 1 amide bonds. The molecule has 3 N–H and O–H groups in total. The lowest BCUT2D eigenvalue weighted by atomic mass is 9.87. The number of aromatic amines is 1. The lowest BCUT2D eigenvalue weighted by Gasteiger charge is -2.20. The number of phenolic OH excluding ortho intramolecular Hbond substituents is 1. The van der Waals surface area contributed by atoms with E-state index in [9.17, 15) is 9.90 Å². The van der Waals surface area contributed by atoms with Gasteiger partial charge in [0.1, 0.15) is 5.75 Å². The Kier molecular flexibility index (Phi) is 3.62. The molecule has 0 saturated carbocycles. The van der Waals surface area contributed by atoms with Crippen LogP contribution in [-0.2, 0) is 4.79 Å². The second-order valence-corrected chi connectivity index (χ2v) is 5.98. The zero-order valence-corrected chi connectivity index (χ0v) is 12.7. The lowest BCUT2D eigenvalue weighted by molar-refractivity contribution is -0.124. The number of allylic oxidation sites excluding steroid dienone is 2. The first kappa shape index (κ1) is 14.6. The van der Waals surface area contributed by atoms with E-state index in [0.717, 1.165) is 0 Å². The highest BCUT2D eigenvalue weighted by atomic mass is 35.5. The van der Waals surface area contributed by atoms with Gasteiger partial charge in [0.15, 0.2) is 5.82 Å². The summed E-state index contributed by atoms with van der Waals surface area (Å²) >= 11 is 5.87. The number of rotatable bonds is 3. The first-order valence-electron chi connectivity index (χ1n) is 6.86. The molecule has 0 fully saturated rings. The maximum Gasteiger partial charge on any atom is 0.249 e. The Morgan fingerprint density at radius 2 is 2.14 bits per heavy atom. The summed E-state index contributed by atoms with van der Waals surface area (Å²) in [4.78, 5) is 16.5. The highest BCUT2D eigenvalue weighted by Crippen LogP contribution is 2.33. The van der Waals surface area contributed by atoms with Crippen LogP contribution in [0.5, 0.6) is 5.75 Å². The van der Waals surface area contributed by atoms with E-state index in [1.165, 1.54) is 6.07 Å². The van der Waals surface area contributed by atoms with Crippen LogP contribution in [0.2, 0.25) is 5.02 Å². The molecule has 7 heteroatoms. The normalized spacial score (nSPS) is 15.9. The smallest absolute Gasteiger partial charge is 0.249 e. The Labute approximate surface area is 132 Å². The van der Waals surface area contributed by atoms with Gasteiger partial charge in [-0.15, -0.1) is 5.10 Å². The molecule has 0 radical (unpaired) electrons. The summed E-state index contributed by atoms with van der Waals surface area (Å²) in [6.45, 7) is 1.91. The molecule has 22 heavy (non-hydrogen) atoms. The van der Waals surface area contributed by atoms with E-state index in [1.807, 2.05) is 19.1 Å². The van der Waals surface area contributed by atoms with Crippen molar-refractivity contribution in [3.05, 3.63) is 35.4 Å². The zero-order chi connectivity index (χ0) is 15.7. The van der Waals surface area contributed by atoms with Gasteiger partial charge in [0.2, 0.25) is 11.9 Å². The highest BCUT2D eigenvalue weighted by molar-refractivity contribution is 6.32. The monoisotopic (exact) mass is 318 g/mol. The van der Waals surface area contributed by atoms with Gasteiger partial charge < -0.3 is 5.11 Å². The molecule has 0 saturated heterocycles. The van der Waals surface area contributed by atoms with Crippen molar-refractivity contribution in [3.8, 4) is 17.1 Å². The number of aromatic hydroxyl groups is 1. The van der Waals surface area contributed by atoms with Crippen LogP contribution in [0, 0.1) is 5.41 Å². The molecule has 6 nitrogen and oxygen atoms in total. The Hall–Kier alpha value is -2.34. The third kappa shape index (κ3) is 2.69. The molecule has 1 aromatic heterocycles. The van der Waals surface area contributed by atoms with Crippen LogP contribution in [0.3, 0.4) is 0 Å². The van der Waals surface area contributed by atoms with Crippen molar-refractivity contribution in [1.82, 2.24) is 15.2 Å². The van der Waals surface area contributed by atoms with Gasteiger partial charge in [-0.25, -0.2) is 0 Å². The van der Waals surface area contributed by atoms with Crippen molar-refractivity contribution in [2.45, 2.75) is 19.8 Å². The Balaban J connectivity index is 1.76. The highest BCUT2D eigenvalue weighted by Gasteiger charge is 2.34. The minimum atomic E-state index is -0.442. The molecular weight excluding hydrogens is 304 g/mol. The number of nitrogens with one attached hydrogen (secondary N) is 2. The van der Waals surface area contributed by atoms with Crippen molar-refractivity contribution in [2.24, 2.45) is 5.41 Å². The first-order chi connectivity index (χ1) is 10.5. The van der Waals surface area contributed by atoms with Crippen LogP contribution in [-0.4, -0.2) is 26.2 Å². The van der Waals surface area contributed by atoms with E-state index in [2.05, 4.69) is 20.5 Å². The maximum absolute atomic E-state index is 12.3. The Bertz CT molecular complexity index is 746. The fourth-order valence-corrected chi connectivity index (χ4v) is 2.49. The number of halogens is 1. The quantitative estimate of drug-likeness (QED) is 0.758. The van der Waals surface area contributed by atoms with E-state index < -0.39 is 5.41 Å². The minimum Gasteiger partial charge on any atom is -0.506 e. The van der Waals surface area contributed by atoms with Crippen LogP contribution in [0.1, 0.15) is 19.8 Å². The van der Waals surface area contributed by atoms with Crippen molar-refractivity contribution >= 4 is 23.5 Å². The largest absolute Gasteiger partial charge is 0.506 e. The van der Waals surface area contributed by atoms with Crippen LogP contribution < -0.4 is 5.32 Å². The van der Waals surface area contributed by atoms with E-state index in [4.69, 9.17) is 11.6 Å². The van der Waals surface area contributed by atoms with Gasteiger partial charge in [0, 0.05) is 5.56 Å². The number of nitrogens with zero attached hydrogens (tertiary/aromatic N) is 2. The zero-order valence-electron chi connectivity index (χ0n) is 11.9. The van der Waals surface area contributed by atoms with Crippen molar-refractivity contribution < 1.29 is 9.90 Å². The SMILES string of the molecule is CC1(C(=O)Nc2n[nH]c(-c3ccc(O)c(Cl)c3)n2)CC=CC1. The number of amides is 1. The Morgan fingerprint density at radius 1 is 1.41 bits per heavy atom. The number of anilines is 1. The molecule has 1 aliphatic rings. The van der Waals surface area contributed by atoms with Crippen LogP contribution >= 0.6 is 11.6 Å². The maximum atomic E-state index is 12.3. The van der Waals surface area contributed by atoms with Gasteiger partial charge in [0.05, 0.1) is 10.4 Å². The molecule has 114 valence electrons. The molecule has 0 unspecified atom stereocenters. The van der Waals surface area contributed by atoms with E-state index >= 15 is 0 Å². The summed E-state index contributed by atoms with van der Waals surface area (Å²) in [6.07, 6.45) is 5.43. The van der Waals surface area contributed by atoms with Gasteiger partial charge >= 0.3 is 0 Å². The first-order valence-corrected chi connectivity index (χ1v) is 7.23. The summed E-state index contributed by atoms with van der Waals surface area (Å²) in [5, 5.41) is 19.1. The van der Waals surface area contributed by atoms with Gasteiger partial charge in [-0.05, 0) is 31.0 Å². The lowest BCUT2D eigenvalue weighted by Crippen LogP contribution is -2.31. The molecule has 1 aliphatic carbocycles. The number of carbonyl (C=O) groups is 1. The molecule has 2 aromatic rings. The molecule has 1 heterocycles. The van der Waals surface area contributed by atoms with E-state index in [0.29, 0.717) is 24.2 Å². The predicted octanol–water partition coefficient (Wildman–Crippen LogP) is 3.13. The number of hydrogen-bond acceptors (Lipinski definition) is 4. The molecule has 0 aliphatic heterocycles. The topological polar surface area (TPSA) is 90.9 Å². The fraction of sp³-hybridized carbons (Fsp3) is 0.267. The summed E-state index contributed by atoms with van der Waals surface area (Å²) in [5.41, 5.74) is 0.229. The molecule has 0 atom stereocenters. The molecule has 0 spiro atoms. The fourth-order valence-electron chi connectivity index (χ4n) is 2.31. The van der Waals surface area contributed by atoms with Gasteiger partial charge in [-0.2, -0.15) is 4.98 Å². The molecule has 0 bridgehead atoms. The number of benzene rings is 1. The summed E-state index contributed by atoms with van der Waals surface area (Å²) < 4.78 is 0. The number of H-pyrrole nitrogens is 1. The average Bonchev–Trinajstić information content (AvgIpc) is 3.12. The van der Waals surface area contributed by atoms with Crippen LogP contribution in [0.25, 0.3) is 11.4 Å². The second kappa shape index (κ2) is 5.46. The van der Waals surface area contributed by atoms with Crippen molar-refractivity contribution in [1.29, 1.82) is 0 Å². The molecule has 3 rings (SSSR count). The number of aromatic nitrogens is 3. The summed E-state index contributed by atoms with van der Waals surface area (Å²) in [5.74, 6) is 0.580. The van der Waals surface area contributed by atoms with Crippen molar-refractivity contribution in [2.75, 3.05) is 5.32 Å². The second-order valence-electron chi connectivity index (χ2n) is 5.57. The van der Waals surface area contributed by atoms with Crippen molar-refractivity contribution in [3.63, 3.8) is 0 Å². The van der Waals surface area contributed by atoms with E-state index in [1.54, 1.807) is 12.1 Å². The molecular formula is C15H15ClN4O2. The Morgan fingerprint density at radius 3 is 2.82 bits per heavy atom. The third-order valence-corrected chi connectivity index (χ3v) is 4.09. The molecule has 1 aromatic carbocycles. The van der Waals surface area contributed by atoms with Gasteiger partial charge in [-0.3, -0.25) is 15.2 Å². The summed E-state index contributed by atoms with van der Waals surface area (Å²) in [6, 6.07) is 4.71. The van der Waals surface area contributed by atoms with Crippen LogP contribution in [0.4, 0.5) is 5.95 Å². The average molecular weight is 319 g/mol. The summed E-state index contributed by atoms with van der Waals surface area (Å²) in [7, 11) is 0. The third-order valence-electron chi connectivity index (χ3n) is 3.78. The standard InChI is InChI=1S/C15H15ClN4O2/c1-15(6-2-3-7-15)13(22)18-14-17-12(19-20-14)9-4-5-11(21)10(16)8-9/h2-5,8,21H,6-7H2,1H3,(H2,17,18,19,20,22). The number of phenols is 1. The van der Waals surface area contributed by atoms with Gasteiger partial charge in [-0.1, -0.05) is 30.7 Å². The van der Waals surface area contributed by atoms with Crippen LogP contribution in [0.15, 0.2) is 30.4 Å². The predicted molar refractivity (Wildman–Crippen MR) is 83.6 cm³/mol.